The standard InChI is InChI=1S/C55H56N4/c1-33-25-34(32-56)27-35(26-33)40-19-24-49(58-45-20-15-36(52(2,3)4)28-41(45)42-29-37(53(5,6)7)16-21-46(42)58)50(57-14)51(40)59-47-22-17-38(54(8,9)10)30-43(47)44-31-39(55(11,12)13)18-23-48(44)59/h15-31H,1-13H3. The fourth-order valence-corrected chi connectivity index (χ4v) is 8.74. The molecule has 0 spiro atoms. The van der Waals surface area contributed by atoms with Crippen molar-refractivity contribution in [1.82, 2.24) is 9.13 Å². The van der Waals surface area contributed by atoms with E-state index in [0.29, 0.717) is 11.3 Å². The van der Waals surface area contributed by atoms with Gasteiger partial charge in [-0.25, -0.2) is 4.85 Å². The number of hydrogen-bond acceptors (Lipinski definition) is 1. The Morgan fingerprint density at radius 1 is 0.492 bits per heavy atom. The minimum absolute atomic E-state index is 0.0346. The lowest BCUT2D eigenvalue weighted by atomic mass is 9.85. The smallest absolute Gasteiger partial charge is 0.234 e. The molecule has 0 saturated carbocycles. The zero-order chi connectivity index (χ0) is 42.6. The van der Waals surface area contributed by atoms with Crippen molar-refractivity contribution in [2.45, 2.75) is 112 Å². The van der Waals surface area contributed by atoms with Crippen molar-refractivity contribution in [1.29, 1.82) is 5.26 Å². The molecule has 0 fully saturated rings. The Morgan fingerprint density at radius 2 is 0.881 bits per heavy atom. The lowest BCUT2D eigenvalue weighted by Crippen LogP contribution is -2.10. The number of hydrogen-bond donors (Lipinski definition) is 0. The normalized spacial score (nSPS) is 12.8. The minimum Gasteiger partial charge on any atom is -0.319 e. The second-order valence-corrected chi connectivity index (χ2v) is 20.7. The number of benzene rings is 6. The second-order valence-electron chi connectivity index (χ2n) is 20.7. The molecule has 0 aliphatic rings. The average molecular weight is 773 g/mol. The van der Waals surface area contributed by atoms with Crippen LogP contribution in [-0.4, -0.2) is 9.13 Å². The van der Waals surface area contributed by atoms with Crippen molar-refractivity contribution >= 4 is 49.3 Å². The van der Waals surface area contributed by atoms with E-state index in [1.54, 1.807) is 0 Å². The summed E-state index contributed by atoms with van der Waals surface area (Å²) in [6.45, 7) is 38.3. The maximum absolute atomic E-state index is 10.2. The monoisotopic (exact) mass is 772 g/mol. The van der Waals surface area contributed by atoms with Gasteiger partial charge in [0.1, 0.15) is 0 Å². The molecule has 0 radical (unpaired) electrons. The molecule has 0 saturated heterocycles. The van der Waals surface area contributed by atoms with Crippen LogP contribution in [0.1, 0.15) is 116 Å². The van der Waals surface area contributed by atoms with Crippen molar-refractivity contribution in [3.8, 4) is 28.6 Å². The van der Waals surface area contributed by atoms with E-state index in [1.807, 2.05) is 19.1 Å². The number of fused-ring (bicyclic) bond motifs is 6. The molecule has 0 aliphatic carbocycles. The van der Waals surface area contributed by atoms with Crippen molar-refractivity contribution in [2.75, 3.05) is 0 Å². The second kappa shape index (κ2) is 13.5. The number of aromatic nitrogens is 2. The van der Waals surface area contributed by atoms with Crippen molar-refractivity contribution < 1.29 is 0 Å². The summed E-state index contributed by atoms with van der Waals surface area (Å²) in [6.07, 6.45) is 0. The molecule has 0 bridgehead atoms. The van der Waals surface area contributed by atoms with Gasteiger partial charge < -0.3 is 9.13 Å². The van der Waals surface area contributed by atoms with Gasteiger partial charge in [0, 0.05) is 21.5 Å². The van der Waals surface area contributed by atoms with E-state index >= 15 is 0 Å². The van der Waals surface area contributed by atoms with E-state index in [0.717, 1.165) is 60.9 Å². The van der Waals surface area contributed by atoms with Crippen LogP contribution in [-0.2, 0) is 21.7 Å². The third-order valence-electron chi connectivity index (χ3n) is 12.2. The zero-order valence-corrected chi connectivity index (χ0v) is 37.1. The number of aryl methyl sites for hydroxylation is 1. The predicted molar refractivity (Wildman–Crippen MR) is 251 cm³/mol. The molecule has 0 amide bonds. The number of nitrogens with zero attached hydrogens (tertiary/aromatic N) is 4. The fourth-order valence-electron chi connectivity index (χ4n) is 8.74. The van der Waals surface area contributed by atoms with Gasteiger partial charge in [-0.05, 0) is 134 Å². The van der Waals surface area contributed by atoms with Crippen LogP contribution in [0.15, 0.2) is 103 Å². The first-order chi connectivity index (χ1) is 27.6. The third-order valence-corrected chi connectivity index (χ3v) is 12.2. The Balaban J connectivity index is 1.57. The van der Waals surface area contributed by atoms with E-state index in [2.05, 4.69) is 194 Å². The molecule has 59 heavy (non-hydrogen) atoms. The summed E-state index contributed by atoms with van der Waals surface area (Å²) in [5.74, 6) is 0. The van der Waals surface area contributed by atoms with Crippen LogP contribution in [0.2, 0.25) is 0 Å². The van der Waals surface area contributed by atoms with E-state index in [4.69, 9.17) is 6.57 Å². The van der Waals surface area contributed by atoms with Gasteiger partial charge in [-0.3, -0.25) is 0 Å². The van der Waals surface area contributed by atoms with Crippen molar-refractivity contribution in [2.24, 2.45) is 0 Å². The summed E-state index contributed by atoms with van der Waals surface area (Å²) in [7, 11) is 0. The third kappa shape index (κ3) is 6.70. The summed E-state index contributed by atoms with van der Waals surface area (Å²) in [6, 6.07) is 40.1. The van der Waals surface area contributed by atoms with E-state index in [-0.39, 0.29) is 21.7 Å². The molecule has 4 nitrogen and oxygen atoms in total. The Bertz CT molecular complexity index is 2960. The first-order valence-corrected chi connectivity index (χ1v) is 20.9. The molecule has 0 unspecified atom stereocenters. The molecule has 8 rings (SSSR count). The summed E-state index contributed by atoms with van der Waals surface area (Å²) >= 11 is 0. The highest BCUT2D eigenvalue weighted by Gasteiger charge is 2.28. The van der Waals surface area contributed by atoms with Gasteiger partial charge in [0.15, 0.2) is 0 Å². The molecule has 0 aliphatic heterocycles. The SMILES string of the molecule is [C-]#[N+]c1c(-n2c3ccc(C(C)(C)C)cc3c3cc(C(C)(C)C)ccc32)ccc(-c2cc(C)cc(C#N)c2)c1-n1c2ccc(C(C)(C)C)cc2c2cc(C(C)(C)C)ccc21. The van der Waals surface area contributed by atoms with Gasteiger partial charge in [-0.1, -0.05) is 119 Å². The van der Waals surface area contributed by atoms with Gasteiger partial charge in [0.05, 0.1) is 51.6 Å². The van der Waals surface area contributed by atoms with Crippen LogP contribution < -0.4 is 0 Å². The van der Waals surface area contributed by atoms with Gasteiger partial charge in [-0.2, -0.15) is 5.26 Å². The lowest BCUT2D eigenvalue weighted by molar-refractivity contribution is 0.590. The van der Waals surface area contributed by atoms with Crippen LogP contribution in [0.4, 0.5) is 5.69 Å². The topological polar surface area (TPSA) is 38.0 Å². The molecule has 2 aromatic heterocycles. The largest absolute Gasteiger partial charge is 0.319 e. The molecule has 8 aromatic rings. The van der Waals surface area contributed by atoms with Crippen LogP contribution in [0.25, 0.3) is 71.0 Å². The summed E-state index contributed by atoms with van der Waals surface area (Å²) < 4.78 is 4.64. The van der Waals surface area contributed by atoms with E-state index in [9.17, 15) is 5.26 Å². The number of rotatable bonds is 3. The summed E-state index contributed by atoms with van der Waals surface area (Å²) in [4.78, 5) is 4.53. The first kappa shape index (κ1) is 39.7. The van der Waals surface area contributed by atoms with Crippen LogP contribution in [0.5, 0.6) is 0 Å². The van der Waals surface area contributed by atoms with Gasteiger partial charge in [0.25, 0.3) is 0 Å². The summed E-state index contributed by atoms with van der Waals surface area (Å²) in [5.41, 5.74) is 14.7. The maximum atomic E-state index is 10.2. The van der Waals surface area contributed by atoms with E-state index < -0.39 is 0 Å². The Morgan fingerprint density at radius 3 is 1.24 bits per heavy atom. The predicted octanol–water partition coefficient (Wildman–Crippen LogP) is 15.5. The molecule has 0 atom stereocenters. The Hall–Kier alpha value is -6.10. The van der Waals surface area contributed by atoms with Crippen LogP contribution in [0, 0.1) is 24.8 Å². The van der Waals surface area contributed by atoms with Gasteiger partial charge in [0.2, 0.25) is 5.69 Å². The molecule has 296 valence electrons. The molecule has 6 aromatic carbocycles. The van der Waals surface area contributed by atoms with Crippen molar-refractivity contribution in [3.63, 3.8) is 0 Å². The zero-order valence-electron chi connectivity index (χ0n) is 37.1. The molecule has 2 heterocycles. The highest BCUT2D eigenvalue weighted by molar-refractivity contribution is 6.13. The molecule has 4 heteroatoms. The van der Waals surface area contributed by atoms with Gasteiger partial charge >= 0.3 is 0 Å². The maximum Gasteiger partial charge on any atom is 0.234 e. The minimum atomic E-state index is -0.0531. The highest BCUT2D eigenvalue weighted by Crippen LogP contribution is 2.47. The van der Waals surface area contributed by atoms with Crippen molar-refractivity contribution in [3.05, 3.63) is 148 Å². The molecular weight excluding hydrogens is 717 g/mol. The Kier molecular flexibility index (Phi) is 9.07. The fraction of sp³-hybridized carbons (Fsp3) is 0.309. The lowest BCUT2D eigenvalue weighted by Gasteiger charge is -2.22. The van der Waals surface area contributed by atoms with E-state index in [1.165, 1.54) is 33.0 Å². The van der Waals surface area contributed by atoms with Crippen LogP contribution in [0.3, 0.4) is 0 Å². The Labute approximate surface area is 350 Å². The summed E-state index contributed by atoms with van der Waals surface area (Å²) in [5, 5.41) is 14.8. The molecule has 0 N–H and O–H groups in total. The van der Waals surface area contributed by atoms with Gasteiger partial charge in [-0.15, -0.1) is 0 Å². The number of nitriles is 1. The first-order valence-electron chi connectivity index (χ1n) is 20.9. The molecular formula is C55H56N4. The quantitative estimate of drug-likeness (QED) is 0.165. The van der Waals surface area contributed by atoms with Crippen LogP contribution >= 0.6 is 0 Å². The average Bonchev–Trinajstić information content (AvgIpc) is 3.66. The highest BCUT2D eigenvalue weighted by atomic mass is 15.1.